The zero-order valence-electron chi connectivity index (χ0n) is 12.3. The number of benzene rings is 1. The van der Waals surface area contributed by atoms with Gasteiger partial charge in [-0.3, -0.25) is 4.90 Å². The minimum atomic E-state index is 0.335. The highest BCUT2D eigenvalue weighted by Crippen LogP contribution is 2.17. The summed E-state index contributed by atoms with van der Waals surface area (Å²) in [6.07, 6.45) is 0.670. The van der Waals surface area contributed by atoms with Crippen LogP contribution in [0.5, 0.6) is 0 Å². The van der Waals surface area contributed by atoms with E-state index >= 15 is 0 Å². The minimum absolute atomic E-state index is 0.335. The Labute approximate surface area is 116 Å². The van der Waals surface area contributed by atoms with Crippen molar-refractivity contribution < 1.29 is 4.74 Å². The molecule has 0 aliphatic carbocycles. The van der Waals surface area contributed by atoms with Gasteiger partial charge in [0.05, 0.1) is 12.2 Å². The SMILES string of the molecule is CCNC(CN1CC(C)OC(C)C1)c1ccccc1. The molecule has 1 aromatic rings. The summed E-state index contributed by atoms with van der Waals surface area (Å²) in [5, 5.41) is 3.59. The molecule has 1 N–H and O–H groups in total. The molecule has 1 heterocycles. The molecule has 0 bridgehead atoms. The standard InChI is InChI=1S/C16H26N2O/c1-4-17-16(15-8-6-5-7-9-15)12-18-10-13(2)19-14(3)11-18/h5-9,13-14,16-17H,4,10-12H2,1-3H3. The first kappa shape index (κ1) is 14.5. The Morgan fingerprint density at radius 3 is 2.42 bits per heavy atom. The van der Waals surface area contributed by atoms with Crippen molar-refractivity contribution in [3.63, 3.8) is 0 Å². The van der Waals surface area contributed by atoms with Crippen LogP contribution in [-0.4, -0.2) is 43.3 Å². The Morgan fingerprint density at radius 2 is 1.84 bits per heavy atom. The van der Waals surface area contributed by atoms with Gasteiger partial charge < -0.3 is 10.1 Å². The van der Waals surface area contributed by atoms with Gasteiger partial charge in [0, 0.05) is 25.7 Å². The molecule has 0 spiro atoms. The third kappa shape index (κ3) is 4.30. The fourth-order valence-electron chi connectivity index (χ4n) is 2.91. The van der Waals surface area contributed by atoms with E-state index in [9.17, 15) is 0 Å². The molecule has 1 saturated heterocycles. The number of hydrogen-bond acceptors (Lipinski definition) is 3. The monoisotopic (exact) mass is 262 g/mol. The Balaban J connectivity index is 2.00. The van der Waals surface area contributed by atoms with Gasteiger partial charge in [-0.05, 0) is 26.0 Å². The maximum atomic E-state index is 5.80. The molecule has 0 saturated carbocycles. The van der Waals surface area contributed by atoms with Gasteiger partial charge in [0.15, 0.2) is 0 Å². The first-order chi connectivity index (χ1) is 9.19. The van der Waals surface area contributed by atoms with Crippen molar-refractivity contribution in [3.8, 4) is 0 Å². The lowest BCUT2D eigenvalue weighted by Crippen LogP contribution is -2.48. The third-order valence-corrected chi connectivity index (χ3v) is 3.59. The Bertz CT molecular complexity index is 358. The van der Waals surface area contributed by atoms with Gasteiger partial charge in [0.2, 0.25) is 0 Å². The van der Waals surface area contributed by atoms with Gasteiger partial charge in [-0.1, -0.05) is 37.3 Å². The summed E-state index contributed by atoms with van der Waals surface area (Å²) in [4.78, 5) is 2.51. The predicted octanol–water partition coefficient (Wildman–Crippen LogP) is 2.45. The summed E-state index contributed by atoms with van der Waals surface area (Å²) >= 11 is 0. The van der Waals surface area contributed by atoms with Crippen LogP contribution >= 0.6 is 0 Å². The number of morpholine rings is 1. The van der Waals surface area contributed by atoms with Crippen LogP contribution in [0.2, 0.25) is 0 Å². The molecule has 0 radical (unpaired) electrons. The number of rotatable bonds is 5. The summed E-state index contributed by atoms with van der Waals surface area (Å²) < 4.78 is 5.80. The lowest BCUT2D eigenvalue weighted by atomic mass is 10.1. The molecule has 1 aliphatic rings. The molecule has 3 heteroatoms. The topological polar surface area (TPSA) is 24.5 Å². The number of ether oxygens (including phenoxy) is 1. The molecular formula is C16H26N2O. The van der Waals surface area contributed by atoms with Crippen molar-refractivity contribution in [1.29, 1.82) is 0 Å². The largest absolute Gasteiger partial charge is 0.373 e. The van der Waals surface area contributed by atoms with Crippen molar-refractivity contribution in [2.45, 2.75) is 39.0 Å². The molecular weight excluding hydrogens is 236 g/mol. The van der Waals surface area contributed by atoms with Crippen LogP contribution in [0.3, 0.4) is 0 Å². The van der Waals surface area contributed by atoms with E-state index in [1.807, 2.05) is 0 Å². The number of hydrogen-bond donors (Lipinski definition) is 1. The lowest BCUT2D eigenvalue weighted by Gasteiger charge is -2.37. The number of nitrogens with one attached hydrogen (secondary N) is 1. The average molecular weight is 262 g/mol. The second-order valence-corrected chi connectivity index (χ2v) is 5.50. The summed E-state index contributed by atoms with van der Waals surface area (Å²) in [6.45, 7) is 10.6. The van der Waals surface area contributed by atoms with Gasteiger partial charge in [-0.15, -0.1) is 0 Å². The van der Waals surface area contributed by atoms with E-state index in [0.717, 1.165) is 26.2 Å². The van der Waals surface area contributed by atoms with Crippen molar-refractivity contribution in [2.24, 2.45) is 0 Å². The second kappa shape index (κ2) is 7.04. The first-order valence-electron chi connectivity index (χ1n) is 7.35. The van der Waals surface area contributed by atoms with Gasteiger partial charge in [-0.2, -0.15) is 0 Å². The highest BCUT2D eigenvalue weighted by molar-refractivity contribution is 5.19. The molecule has 1 aliphatic heterocycles. The Morgan fingerprint density at radius 1 is 1.21 bits per heavy atom. The summed E-state index contributed by atoms with van der Waals surface area (Å²) in [7, 11) is 0. The lowest BCUT2D eigenvalue weighted by molar-refractivity contribution is -0.0699. The molecule has 19 heavy (non-hydrogen) atoms. The molecule has 1 fully saturated rings. The maximum Gasteiger partial charge on any atom is 0.0678 e. The average Bonchev–Trinajstić information content (AvgIpc) is 2.38. The molecule has 3 nitrogen and oxygen atoms in total. The van der Waals surface area contributed by atoms with E-state index in [1.165, 1.54) is 5.56 Å². The van der Waals surface area contributed by atoms with E-state index in [-0.39, 0.29) is 0 Å². The van der Waals surface area contributed by atoms with E-state index in [2.05, 4.69) is 61.3 Å². The summed E-state index contributed by atoms with van der Waals surface area (Å²) in [6, 6.07) is 11.1. The fourth-order valence-corrected chi connectivity index (χ4v) is 2.91. The fraction of sp³-hybridized carbons (Fsp3) is 0.625. The Kier molecular flexibility index (Phi) is 5.37. The normalized spacial score (nSPS) is 26.3. The highest BCUT2D eigenvalue weighted by Gasteiger charge is 2.24. The second-order valence-electron chi connectivity index (χ2n) is 5.50. The molecule has 3 atom stereocenters. The van der Waals surface area contributed by atoms with E-state index in [1.54, 1.807) is 0 Å². The maximum absolute atomic E-state index is 5.80. The smallest absolute Gasteiger partial charge is 0.0678 e. The summed E-state index contributed by atoms with van der Waals surface area (Å²) in [5.41, 5.74) is 1.37. The quantitative estimate of drug-likeness (QED) is 0.882. The van der Waals surface area contributed by atoms with Gasteiger partial charge in [-0.25, -0.2) is 0 Å². The van der Waals surface area contributed by atoms with Gasteiger partial charge in [0.1, 0.15) is 0 Å². The number of likely N-dealkylation sites (N-methyl/N-ethyl adjacent to an activating group) is 1. The molecule has 1 aromatic carbocycles. The van der Waals surface area contributed by atoms with Crippen LogP contribution in [0, 0.1) is 0 Å². The van der Waals surface area contributed by atoms with Crippen molar-refractivity contribution in [3.05, 3.63) is 35.9 Å². The van der Waals surface area contributed by atoms with E-state index < -0.39 is 0 Å². The minimum Gasteiger partial charge on any atom is -0.373 e. The van der Waals surface area contributed by atoms with Crippen LogP contribution in [-0.2, 0) is 4.74 Å². The zero-order chi connectivity index (χ0) is 13.7. The van der Waals surface area contributed by atoms with Crippen LogP contribution in [0.1, 0.15) is 32.4 Å². The van der Waals surface area contributed by atoms with Crippen LogP contribution in [0.25, 0.3) is 0 Å². The van der Waals surface area contributed by atoms with E-state index in [4.69, 9.17) is 4.74 Å². The third-order valence-electron chi connectivity index (χ3n) is 3.59. The van der Waals surface area contributed by atoms with Gasteiger partial charge in [0.25, 0.3) is 0 Å². The van der Waals surface area contributed by atoms with E-state index in [0.29, 0.717) is 18.2 Å². The number of nitrogens with zero attached hydrogens (tertiary/aromatic N) is 1. The Hall–Kier alpha value is -0.900. The molecule has 3 unspecified atom stereocenters. The molecule has 0 amide bonds. The van der Waals surface area contributed by atoms with Crippen molar-refractivity contribution in [1.82, 2.24) is 10.2 Å². The van der Waals surface area contributed by atoms with Gasteiger partial charge >= 0.3 is 0 Å². The first-order valence-corrected chi connectivity index (χ1v) is 7.35. The van der Waals surface area contributed by atoms with Crippen LogP contribution < -0.4 is 5.32 Å². The predicted molar refractivity (Wildman–Crippen MR) is 79.3 cm³/mol. The molecule has 2 rings (SSSR count). The van der Waals surface area contributed by atoms with Crippen molar-refractivity contribution in [2.75, 3.05) is 26.2 Å². The molecule has 0 aromatic heterocycles. The summed E-state index contributed by atoms with van der Waals surface area (Å²) in [5.74, 6) is 0. The highest BCUT2D eigenvalue weighted by atomic mass is 16.5. The zero-order valence-corrected chi connectivity index (χ0v) is 12.3. The molecule has 106 valence electrons. The van der Waals surface area contributed by atoms with Crippen LogP contribution in [0.15, 0.2) is 30.3 Å². The van der Waals surface area contributed by atoms with Crippen LogP contribution in [0.4, 0.5) is 0 Å². The van der Waals surface area contributed by atoms with Crippen molar-refractivity contribution >= 4 is 0 Å².